The number of nitrogens with zero attached hydrogens (tertiary/aromatic N) is 3. The number of likely N-dealkylation sites (tertiary alicyclic amines) is 1. The minimum atomic E-state index is -0.100. The monoisotopic (exact) mass is 478 g/mol. The predicted molar refractivity (Wildman–Crippen MR) is 134 cm³/mol. The molecule has 2 atom stereocenters. The summed E-state index contributed by atoms with van der Waals surface area (Å²) in [6.07, 6.45) is 1.29. The van der Waals surface area contributed by atoms with E-state index < -0.39 is 0 Å². The molecule has 2 heterocycles. The molecule has 4 rings (SSSR count). The van der Waals surface area contributed by atoms with Crippen molar-refractivity contribution < 1.29 is 14.6 Å². The average Bonchev–Trinajstić information content (AvgIpc) is 3.46. The summed E-state index contributed by atoms with van der Waals surface area (Å²) in [6, 6.07) is 14.1. The number of amidine groups is 1. The lowest BCUT2D eigenvalue weighted by Gasteiger charge is -2.20. The van der Waals surface area contributed by atoms with Gasteiger partial charge < -0.3 is 20.1 Å². The van der Waals surface area contributed by atoms with Gasteiger partial charge in [-0.15, -0.1) is 0 Å². The van der Waals surface area contributed by atoms with Crippen LogP contribution in [-0.4, -0.2) is 47.5 Å². The van der Waals surface area contributed by atoms with Crippen molar-refractivity contribution in [2.45, 2.75) is 51.0 Å². The molecule has 1 fully saturated rings. The lowest BCUT2D eigenvalue weighted by molar-refractivity contribution is -0.128. The molecular weight excluding hydrogens is 448 g/mol. The van der Waals surface area contributed by atoms with Crippen molar-refractivity contribution in [3.05, 3.63) is 64.2 Å². The van der Waals surface area contributed by atoms with Crippen LogP contribution in [0.1, 0.15) is 66.3 Å². The van der Waals surface area contributed by atoms with Crippen molar-refractivity contribution in [3.63, 3.8) is 0 Å². The molecular formula is C26H30N4O3S. The van der Waals surface area contributed by atoms with E-state index in [4.69, 9.17) is 9.13 Å². The van der Waals surface area contributed by atoms with E-state index in [1.807, 2.05) is 38.1 Å². The van der Waals surface area contributed by atoms with Gasteiger partial charge >= 0.3 is 0 Å². The SMILES string of the molecule is CCc1c(C2=NSC(c3ccc(OC(C)C)c(C#N)c3)N2)cccc1C1CC(=O)N(CCO)C1. The lowest BCUT2D eigenvalue weighted by atomic mass is 9.88. The van der Waals surface area contributed by atoms with Crippen LogP contribution in [-0.2, 0) is 11.2 Å². The third-order valence-electron chi connectivity index (χ3n) is 6.15. The molecule has 8 heteroatoms. The van der Waals surface area contributed by atoms with E-state index in [2.05, 4.69) is 30.4 Å². The van der Waals surface area contributed by atoms with Crippen LogP contribution in [0.2, 0.25) is 0 Å². The van der Waals surface area contributed by atoms with Gasteiger partial charge in [-0.1, -0.05) is 31.2 Å². The third kappa shape index (κ3) is 4.91. The molecule has 2 unspecified atom stereocenters. The Bertz CT molecular complexity index is 1140. The summed E-state index contributed by atoms with van der Waals surface area (Å²) in [5.74, 6) is 1.61. The minimum absolute atomic E-state index is 0.00233. The number of nitriles is 1. The van der Waals surface area contributed by atoms with Gasteiger partial charge in [0, 0.05) is 42.9 Å². The van der Waals surface area contributed by atoms with Crippen LogP contribution in [0, 0.1) is 11.3 Å². The summed E-state index contributed by atoms with van der Waals surface area (Å²) in [5, 5.41) is 22.2. The van der Waals surface area contributed by atoms with Crippen molar-refractivity contribution in [2.75, 3.05) is 19.7 Å². The summed E-state index contributed by atoms with van der Waals surface area (Å²) in [6.45, 7) is 7.00. The molecule has 2 aromatic rings. The quantitative estimate of drug-likeness (QED) is 0.558. The highest BCUT2D eigenvalue weighted by molar-refractivity contribution is 7.98. The lowest BCUT2D eigenvalue weighted by Crippen LogP contribution is -2.28. The molecule has 1 saturated heterocycles. The van der Waals surface area contributed by atoms with Crippen LogP contribution in [0.25, 0.3) is 0 Å². The smallest absolute Gasteiger partial charge is 0.223 e. The van der Waals surface area contributed by atoms with Crippen molar-refractivity contribution in [1.82, 2.24) is 10.2 Å². The number of carbonyl (C=O) groups excluding carboxylic acids is 1. The van der Waals surface area contributed by atoms with Gasteiger partial charge in [-0.3, -0.25) is 4.79 Å². The van der Waals surface area contributed by atoms with E-state index in [1.54, 1.807) is 4.90 Å². The van der Waals surface area contributed by atoms with Gasteiger partial charge in [0.15, 0.2) is 0 Å². The first-order chi connectivity index (χ1) is 16.4. The first-order valence-corrected chi connectivity index (χ1v) is 12.5. The summed E-state index contributed by atoms with van der Waals surface area (Å²) in [5.41, 5.74) is 4.89. The fraction of sp³-hybridized carbons (Fsp3) is 0.423. The number of carbonyl (C=O) groups is 1. The van der Waals surface area contributed by atoms with Gasteiger partial charge in [-0.2, -0.15) is 9.66 Å². The highest BCUT2D eigenvalue weighted by Gasteiger charge is 2.32. The number of benzene rings is 2. The Hall–Kier alpha value is -3.02. The minimum Gasteiger partial charge on any atom is -0.490 e. The van der Waals surface area contributed by atoms with Crippen LogP contribution in [0.3, 0.4) is 0 Å². The van der Waals surface area contributed by atoms with E-state index in [0.29, 0.717) is 30.8 Å². The Morgan fingerprint density at radius 1 is 1.35 bits per heavy atom. The van der Waals surface area contributed by atoms with Crippen LogP contribution in [0.15, 0.2) is 40.8 Å². The Kier molecular flexibility index (Phi) is 7.44. The highest BCUT2D eigenvalue weighted by Crippen LogP contribution is 2.37. The van der Waals surface area contributed by atoms with E-state index in [9.17, 15) is 15.2 Å². The van der Waals surface area contributed by atoms with E-state index in [-0.39, 0.29) is 29.9 Å². The van der Waals surface area contributed by atoms with E-state index in [0.717, 1.165) is 23.4 Å². The highest BCUT2D eigenvalue weighted by atomic mass is 32.2. The van der Waals surface area contributed by atoms with Crippen molar-refractivity contribution in [3.8, 4) is 11.8 Å². The van der Waals surface area contributed by atoms with Crippen molar-refractivity contribution >= 4 is 23.7 Å². The predicted octanol–water partition coefficient (Wildman–Crippen LogP) is 3.91. The number of nitrogens with one attached hydrogen (secondary N) is 1. The van der Waals surface area contributed by atoms with Gasteiger partial charge in [0.2, 0.25) is 5.91 Å². The molecule has 0 spiro atoms. The number of aliphatic hydroxyl groups is 1. The Labute approximate surface area is 205 Å². The first-order valence-electron chi connectivity index (χ1n) is 11.7. The molecule has 0 bridgehead atoms. The molecule has 34 heavy (non-hydrogen) atoms. The van der Waals surface area contributed by atoms with Gasteiger partial charge in [0.1, 0.15) is 23.0 Å². The molecule has 0 saturated carbocycles. The van der Waals surface area contributed by atoms with Gasteiger partial charge in [0.05, 0.1) is 18.3 Å². The number of β-amino-alcohol motifs (C(OH)–C–C–N with tert-alkyl or cyclic N) is 1. The second kappa shape index (κ2) is 10.5. The number of hydrogen-bond acceptors (Lipinski definition) is 7. The molecule has 0 radical (unpaired) electrons. The molecule has 2 aliphatic rings. The zero-order valence-electron chi connectivity index (χ0n) is 19.7. The fourth-order valence-corrected chi connectivity index (χ4v) is 5.42. The van der Waals surface area contributed by atoms with Crippen molar-refractivity contribution in [2.24, 2.45) is 4.40 Å². The number of ether oxygens (including phenoxy) is 1. The second-order valence-corrected chi connectivity index (χ2v) is 9.66. The number of amides is 1. The number of aliphatic hydroxyl groups excluding tert-OH is 1. The van der Waals surface area contributed by atoms with Crippen LogP contribution < -0.4 is 10.1 Å². The molecule has 2 aliphatic heterocycles. The molecule has 0 aliphatic carbocycles. The molecule has 1 amide bonds. The average molecular weight is 479 g/mol. The maximum Gasteiger partial charge on any atom is 0.223 e. The zero-order chi connectivity index (χ0) is 24.2. The third-order valence-corrected chi connectivity index (χ3v) is 7.04. The van der Waals surface area contributed by atoms with E-state index in [1.165, 1.54) is 23.1 Å². The van der Waals surface area contributed by atoms with Crippen LogP contribution in [0.4, 0.5) is 0 Å². The number of rotatable bonds is 8. The van der Waals surface area contributed by atoms with Crippen LogP contribution >= 0.6 is 11.9 Å². The normalized spacial score (nSPS) is 19.8. The maximum absolute atomic E-state index is 12.4. The molecule has 2 N–H and O–H groups in total. The molecule has 0 aromatic heterocycles. The largest absolute Gasteiger partial charge is 0.490 e. The zero-order valence-corrected chi connectivity index (χ0v) is 20.6. The summed E-state index contributed by atoms with van der Waals surface area (Å²) < 4.78 is 10.5. The maximum atomic E-state index is 12.4. The van der Waals surface area contributed by atoms with Crippen LogP contribution in [0.5, 0.6) is 5.75 Å². The Morgan fingerprint density at radius 3 is 2.88 bits per heavy atom. The van der Waals surface area contributed by atoms with Gasteiger partial charge in [-0.25, -0.2) is 0 Å². The van der Waals surface area contributed by atoms with Gasteiger partial charge in [-0.05, 0) is 49.1 Å². The first kappa shape index (κ1) is 24.1. The van der Waals surface area contributed by atoms with E-state index >= 15 is 0 Å². The molecule has 7 nitrogen and oxygen atoms in total. The summed E-state index contributed by atoms with van der Waals surface area (Å²) in [4.78, 5) is 14.1. The van der Waals surface area contributed by atoms with Crippen molar-refractivity contribution in [1.29, 1.82) is 5.26 Å². The molecule has 178 valence electrons. The summed E-state index contributed by atoms with van der Waals surface area (Å²) >= 11 is 1.44. The Morgan fingerprint density at radius 2 is 2.18 bits per heavy atom. The standard InChI is InChI=1S/C26H30N4O3S/c1-4-20-21(19-13-24(32)30(15-19)10-11-31)6-5-7-22(20)25-28-26(34-29-25)17-8-9-23(33-16(2)3)18(12-17)14-27/h5-9,12,16,19,26,31H,4,10-11,13,15H2,1-3H3,(H,28,29). The number of hydrogen-bond donors (Lipinski definition) is 2. The summed E-state index contributed by atoms with van der Waals surface area (Å²) in [7, 11) is 0. The fourth-order valence-electron chi connectivity index (χ4n) is 4.63. The topological polar surface area (TPSA) is 97.9 Å². The second-order valence-electron chi connectivity index (χ2n) is 8.80. The van der Waals surface area contributed by atoms with Gasteiger partial charge in [0.25, 0.3) is 0 Å². The molecule has 2 aromatic carbocycles. The Balaban J connectivity index is 1.55.